The number of ether oxygens (including phenoxy) is 1. The zero-order chi connectivity index (χ0) is 16.9. The molecule has 1 heterocycles. The van der Waals surface area contributed by atoms with E-state index in [1.165, 1.54) is 43.4 Å². The fraction of sp³-hybridized carbons (Fsp3) is 0.467. The van der Waals surface area contributed by atoms with Crippen LogP contribution in [0.25, 0.3) is 0 Å². The van der Waals surface area contributed by atoms with E-state index >= 15 is 0 Å². The van der Waals surface area contributed by atoms with E-state index in [-0.39, 0.29) is 5.41 Å². The molecule has 0 saturated carbocycles. The van der Waals surface area contributed by atoms with Crippen LogP contribution >= 0.6 is 33.5 Å². The minimum Gasteiger partial charge on any atom is -0.470 e. The van der Waals surface area contributed by atoms with Crippen molar-refractivity contribution >= 4 is 44.9 Å². The van der Waals surface area contributed by atoms with Crippen molar-refractivity contribution in [3.05, 3.63) is 29.8 Å². The highest BCUT2D eigenvalue weighted by atomic mass is 33.1. The topological polar surface area (TPSA) is 51.1 Å². The van der Waals surface area contributed by atoms with E-state index in [9.17, 15) is 4.79 Å². The minimum absolute atomic E-state index is 0.135. The van der Waals surface area contributed by atoms with Crippen LogP contribution in [0.4, 0.5) is 4.79 Å². The van der Waals surface area contributed by atoms with E-state index in [0.29, 0.717) is 11.8 Å². The molecule has 1 aliphatic rings. The van der Waals surface area contributed by atoms with E-state index < -0.39 is 6.09 Å². The molecule has 0 unspecified atom stereocenters. The largest absolute Gasteiger partial charge is 0.470 e. The minimum atomic E-state index is -0.530. The highest BCUT2D eigenvalue weighted by molar-refractivity contribution is 8.75. The summed E-state index contributed by atoms with van der Waals surface area (Å²) in [6.07, 6.45) is -0.530. The van der Waals surface area contributed by atoms with Gasteiger partial charge in [0.1, 0.15) is 6.61 Å². The van der Waals surface area contributed by atoms with E-state index in [2.05, 4.69) is 50.2 Å². The van der Waals surface area contributed by atoms with Gasteiger partial charge in [-0.2, -0.15) is 0 Å². The Bertz CT molecular complexity index is 562. The number of nitrogens with zero attached hydrogens (tertiary/aromatic N) is 2. The molecule has 1 aliphatic heterocycles. The zero-order valence-corrected chi connectivity index (χ0v) is 16.0. The average molecular weight is 373 g/mol. The van der Waals surface area contributed by atoms with Crippen molar-refractivity contribution in [2.45, 2.75) is 31.1 Å². The molecule has 5 nitrogen and oxygen atoms in total. The number of carbonyl (C=O) groups is 1. The van der Waals surface area contributed by atoms with Gasteiger partial charge in [-0.15, -0.1) is 0 Å². The Morgan fingerprint density at radius 3 is 2.61 bits per heavy atom. The van der Waals surface area contributed by atoms with Gasteiger partial charge in [-0.25, -0.2) is 9.10 Å². The second-order valence-corrected chi connectivity index (χ2v) is 9.17. The standard InChI is InChI=1S/C15H20N2O3S3/c1-15(2,3)11-5-7-12(8-6-11)22-23-17(4)14(18)20-16-13-19-9-10-21-13/h5-8H,9-10H2,1-4H3. The lowest BCUT2D eigenvalue weighted by Crippen LogP contribution is -2.18. The summed E-state index contributed by atoms with van der Waals surface area (Å²) in [6, 6.07) is 8.34. The average Bonchev–Trinajstić information content (AvgIpc) is 3.03. The smallest absolute Gasteiger partial charge is 0.446 e. The second kappa shape index (κ2) is 8.21. The second-order valence-electron chi connectivity index (χ2n) is 5.84. The summed E-state index contributed by atoms with van der Waals surface area (Å²) in [5, 5.41) is 4.09. The van der Waals surface area contributed by atoms with Crippen molar-refractivity contribution in [1.29, 1.82) is 0 Å². The maximum Gasteiger partial charge on any atom is 0.446 e. The Kier molecular flexibility index (Phi) is 6.55. The van der Waals surface area contributed by atoms with Gasteiger partial charge in [0.05, 0.1) is 0 Å². The van der Waals surface area contributed by atoms with Gasteiger partial charge in [0.15, 0.2) is 0 Å². The predicted molar refractivity (Wildman–Crippen MR) is 98.7 cm³/mol. The molecule has 1 aromatic rings. The molecule has 1 fully saturated rings. The molecular weight excluding hydrogens is 352 g/mol. The third kappa shape index (κ3) is 5.86. The molecule has 1 aromatic carbocycles. The maximum absolute atomic E-state index is 11.8. The lowest BCUT2D eigenvalue weighted by atomic mass is 9.87. The summed E-state index contributed by atoms with van der Waals surface area (Å²) in [7, 11) is 4.43. The summed E-state index contributed by atoms with van der Waals surface area (Å²) in [5.74, 6) is 0.835. The van der Waals surface area contributed by atoms with E-state index in [1.54, 1.807) is 7.05 Å². The zero-order valence-electron chi connectivity index (χ0n) is 13.6. The van der Waals surface area contributed by atoms with E-state index in [4.69, 9.17) is 9.57 Å². The lowest BCUT2D eigenvalue weighted by Gasteiger charge is -2.19. The molecule has 23 heavy (non-hydrogen) atoms. The van der Waals surface area contributed by atoms with E-state index in [1.807, 2.05) is 0 Å². The molecule has 1 saturated heterocycles. The van der Waals surface area contributed by atoms with Crippen molar-refractivity contribution in [1.82, 2.24) is 4.31 Å². The van der Waals surface area contributed by atoms with Crippen LogP contribution in [0.3, 0.4) is 0 Å². The number of rotatable bonds is 4. The van der Waals surface area contributed by atoms with Gasteiger partial charge < -0.3 is 4.74 Å². The van der Waals surface area contributed by atoms with Crippen LogP contribution in [0.1, 0.15) is 26.3 Å². The van der Waals surface area contributed by atoms with Crippen molar-refractivity contribution in [3.8, 4) is 0 Å². The van der Waals surface area contributed by atoms with Gasteiger partial charge in [-0.3, -0.25) is 4.84 Å². The Balaban J connectivity index is 1.80. The number of oxime groups is 1. The van der Waals surface area contributed by atoms with Gasteiger partial charge in [-0.1, -0.05) is 44.7 Å². The number of hydrogen-bond acceptors (Lipinski definition) is 7. The molecule has 0 radical (unpaired) electrons. The van der Waals surface area contributed by atoms with Crippen LogP contribution in [0.5, 0.6) is 0 Å². The molecule has 0 aromatic heterocycles. The van der Waals surface area contributed by atoms with Crippen molar-refractivity contribution < 1.29 is 14.4 Å². The van der Waals surface area contributed by atoms with Crippen LogP contribution < -0.4 is 0 Å². The van der Waals surface area contributed by atoms with Crippen LogP contribution in [0, 0.1) is 0 Å². The molecule has 0 N–H and O–H groups in total. The quantitative estimate of drug-likeness (QED) is 0.329. The molecule has 2 rings (SSSR count). The molecule has 0 bridgehead atoms. The first kappa shape index (κ1) is 18.4. The molecular formula is C15H20N2O3S3. The Hall–Kier alpha value is -0.990. The van der Waals surface area contributed by atoms with Gasteiger partial charge in [0.25, 0.3) is 5.23 Å². The van der Waals surface area contributed by atoms with Gasteiger partial charge >= 0.3 is 6.09 Å². The van der Waals surface area contributed by atoms with Crippen LogP contribution in [0.2, 0.25) is 0 Å². The monoisotopic (exact) mass is 372 g/mol. The molecule has 0 atom stereocenters. The van der Waals surface area contributed by atoms with E-state index in [0.717, 1.165) is 10.6 Å². The predicted octanol–water partition coefficient (Wildman–Crippen LogP) is 4.74. The Morgan fingerprint density at radius 2 is 2.04 bits per heavy atom. The molecule has 1 amide bonds. The SMILES string of the molecule is CN(SSc1ccc(C(C)(C)C)cc1)C(=O)ON=C1OCCS1. The first-order valence-corrected chi connectivity index (χ1v) is 10.2. The Morgan fingerprint density at radius 1 is 1.35 bits per heavy atom. The van der Waals surface area contributed by atoms with Crippen LogP contribution in [0.15, 0.2) is 34.3 Å². The normalized spacial score (nSPS) is 16.3. The molecule has 126 valence electrons. The third-order valence-electron chi connectivity index (χ3n) is 2.96. The van der Waals surface area contributed by atoms with Crippen LogP contribution in [-0.2, 0) is 15.0 Å². The number of hydrogen-bond donors (Lipinski definition) is 0. The van der Waals surface area contributed by atoms with Gasteiger partial charge in [0, 0.05) is 28.7 Å². The number of benzene rings is 1. The lowest BCUT2D eigenvalue weighted by molar-refractivity contribution is 0.133. The number of amides is 1. The molecule has 0 spiro atoms. The van der Waals surface area contributed by atoms with Crippen molar-refractivity contribution in [3.63, 3.8) is 0 Å². The fourth-order valence-corrected chi connectivity index (χ4v) is 3.87. The summed E-state index contributed by atoms with van der Waals surface area (Å²) >= 11 is 1.43. The molecule has 0 aliphatic carbocycles. The first-order valence-electron chi connectivity index (χ1n) is 7.10. The highest BCUT2D eigenvalue weighted by Gasteiger charge is 2.16. The highest BCUT2D eigenvalue weighted by Crippen LogP contribution is 2.34. The van der Waals surface area contributed by atoms with Crippen molar-refractivity contribution in [2.24, 2.45) is 5.16 Å². The number of carbonyl (C=O) groups excluding carboxylic acids is 1. The number of thioether (sulfide) groups is 1. The van der Waals surface area contributed by atoms with Crippen molar-refractivity contribution in [2.75, 3.05) is 19.4 Å². The first-order chi connectivity index (χ1) is 10.9. The fourth-order valence-electron chi connectivity index (χ4n) is 1.63. The Labute approximate surface area is 149 Å². The summed E-state index contributed by atoms with van der Waals surface area (Å²) in [6.45, 7) is 7.15. The van der Waals surface area contributed by atoms with Gasteiger partial charge in [0.2, 0.25) is 0 Å². The summed E-state index contributed by atoms with van der Waals surface area (Å²) in [4.78, 5) is 17.7. The molecule has 8 heteroatoms. The van der Waals surface area contributed by atoms with Crippen LogP contribution in [-0.4, -0.2) is 35.0 Å². The maximum atomic E-state index is 11.8. The third-order valence-corrected chi connectivity index (χ3v) is 6.15. The summed E-state index contributed by atoms with van der Waals surface area (Å²) in [5.41, 5.74) is 1.42. The van der Waals surface area contributed by atoms with Gasteiger partial charge in [-0.05, 0) is 39.1 Å². The summed E-state index contributed by atoms with van der Waals surface area (Å²) < 4.78 is 6.55.